The highest BCUT2D eigenvalue weighted by atomic mass is 79.9. The Balaban J connectivity index is 1.97. The van der Waals surface area contributed by atoms with Crippen molar-refractivity contribution < 1.29 is 33.8 Å². The van der Waals surface area contributed by atoms with Crippen LogP contribution in [0.25, 0.3) is 6.08 Å². The van der Waals surface area contributed by atoms with Gasteiger partial charge in [0.1, 0.15) is 5.57 Å². The van der Waals surface area contributed by atoms with Crippen LogP contribution in [0.2, 0.25) is 0 Å². The molecule has 2 aromatic rings. The molecule has 2 N–H and O–H groups in total. The van der Waals surface area contributed by atoms with E-state index in [4.69, 9.17) is 14.6 Å². The summed E-state index contributed by atoms with van der Waals surface area (Å²) in [5.41, 5.74) is 1.31. The molecule has 0 saturated carbocycles. The van der Waals surface area contributed by atoms with Gasteiger partial charge >= 0.3 is 12.0 Å². The normalized spacial score (nSPS) is 15.0. The van der Waals surface area contributed by atoms with Crippen molar-refractivity contribution in [3.63, 3.8) is 0 Å². The Labute approximate surface area is 191 Å². The van der Waals surface area contributed by atoms with Crippen molar-refractivity contribution in [1.82, 2.24) is 5.32 Å². The highest BCUT2D eigenvalue weighted by Gasteiger charge is 2.37. The standard InChI is InChI=1S/C22H19BrN2O7/c1-3-31-18-10-13(4-7-17(18)32-11-19(26)27)9-15-20(28)24-22(30)25(21(15)29)14-5-6-16(23)12(2)8-14/h4-10H,3,11H2,1-2H3,(H,26,27)(H,24,28,30)/b15-9+. The number of aliphatic carboxylic acids is 1. The van der Waals surface area contributed by atoms with Gasteiger partial charge < -0.3 is 14.6 Å². The Kier molecular flexibility index (Phi) is 6.94. The van der Waals surface area contributed by atoms with Gasteiger partial charge in [0.25, 0.3) is 11.8 Å². The first kappa shape index (κ1) is 23.0. The summed E-state index contributed by atoms with van der Waals surface area (Å²) in [6.07, 6.45) is 1.33. The van der Waals surface area contributed by atoms with Gasteiger partial charge in [-0.1, -0.05) is 22.0 Å². The number of benzene rings is 2. The van der Waals surface area contributed by atoms with Crippen LogP contribution in [-0.2, 0) is 14.4 Å². The molecule has 0 radical (unpaired) electrons. The molecule has 0 unspecified atom stereocenters. The third-order valence-corrected chi connectivity index (χ3v) is 5.32. The van der Waals surface area contributed by atoms with Gasteiger partial charge in [0, 0.05) is 4.47 Å². The molecule has 32 heavy (non-hydrogen) atoms. The molecular formula is C22H19BrN2O7. The lowest BCUT2D eigenvalue weighted by atomic mass is 10.1. The first-order valence-electron chi connectivity index (χ1n) is 9.50. The van der Waals surface area contributed by atoms with Crippen LogP contribution in [0.4, 0.5) is 10.5 Å². The molecule has 3 rings (SSSR count). The van der Waals surface area contributed by atoms with Crippen LogP contribution < -0.4 is 19.7 Å². The minimum Gasteiger partial charge on any atom is -0.490 e. The quantitative estimate of drug-likeness (QED) is 0.439. The maximum absolute atomic E-state index is 13.0. The molecule has 0 spiro atoms. The number of carbonyl (C=O) groups is 4. The predicted octanol–water partition coefficient (Wildman–Crippen LogP) is 3.29. The fourth-order valence-corrected chi connectivity index (χ4v) is 3.21. The molecule has 2 aromatic carbocycles. The lowest BCUT2D eigenvalue weighted by molar-refractivity contribution is -0.139. The monoisotopic (exact) mass is 502 g/mol. The van der Waals surface area contributed by atoms with Crippen molar-refractivity contribution in [1.29, 1.82) is 0 Å². The number of anilines is 1. The van der Waals surface area contributed by atoms with Gasteiger partial charge in [-0.05, 0) is 61.4 Å². The summed E-state index contributed by atoms with van der Waals surface area (Å²) in [5.74, 6) is -2.28. The van der Waals surface area contributed by atoms with Crippen molar-refractivity contribution in [2.45, 2.75) is 13.8 Å². The second-order valence-corrected chi connectivity index (χ2v) is 7.57. The van der Waals surface area contributed by atoms with Crippen LogP contribution in [0.3, 0.4) is 0 Å². The topological polar surface area (TPSA) is 122 Å². The number of urea groups is 1. The van der Waals surface area contributed by atoms with Crippen LogP contribution in [0.15, 0.2) is 46.4 Å². The number of aryl methyl sites for hydroxylation is 1. The maximum Gasteiger partial charge on any atom is 0.341 e. The van der Waals surface area contributed by atoms with Crippen LogP contribution in [0.5, 0.6) is 11.5 Å². The van der Waals surface area contributed by atoms with Gasteiger partial charge in [-0.15, -0.1) is 0 Å². The second-order valence-electron chi connectivity index (χ2n) is 6.71. The SMILES string of the molecule is CCOc1cc(/C=C2\C(=O)NC(=O)N(c3ccc(Br)c(C)c3)C2=O)ccc1OCC(=O)O. The number of ether oxygens (including phenoxy) is 2. The average molecular weight is 503 g/mol. The van der Waals surface area contributed by atoms with E-state index >= 15 is 0 Å². The number of hydrogen-bond donors (Lipinski definition) is 2. The average Bonchev–Trinajstić information content (AvgIpc) is 2.73. The third kappa shape index (κ3) is 4.97. The van der Waals surface area contributed by atoms with Crippen molar-refractivity contribution in [3.05, 3.63) is 57.6 Å². The van der Waals surface area contributed by atoms with Crippen molar-refractivity contribution in [2.24, 2.45) is 0 Å². The molecule has 166 valence electrons. The van der Waals surface area contributed by atoms with Gasteiger partial charge in [0.05, 0.1) is 12.3 Å². The number of imide groups is 2. The molecule has 9 nitrogen and oxygen atoms in total. The molecule has 1 heterocycles. The first-order valence-corrected chi connectivity index (χ1v) is 10.3. The van der Waals surface area contributed by atoms with E-state index < -0.39 is 30.4 Å². The molecule has 1 fully saturated rings. The molecule has 0 atom stereocenters. The van der Waals surface area contributed by atoms with E-state index in [0.29, 0.717) is 11.3 Å². The van der Waals surface area contributed by atoms with Crippen LogP contribution in [-0.4, -0.2) is 42.1 Å². The Morgan fingerprint density at radius 3 is 2.53 bits per heavy atom. The number of carboxylic acids is 1. The fraction of sp³-hybridized carbons (Fsp3) is 0.182. The van der Waals surface area contributed by atoms with Gasteiger partial charge in [0.2, 0.25) is 0 Å². The smallest absolute Gasteiger partial charge is 0.341 e. The van der Waals surface area contributed by atoms with Crippen molar-refractivity contribution in [3.8, 4) is 11.5 Å². The van der Waals surface area contributed by atoms with Gasteiger partial charge in [-0.3, -0.25) is 14.9 Å². The van der Waals surface area contributed by atoms with E-state index in [9.17, 15) is 19.2 Å². The summed E-state index contributed by atoms with van der Waals surface area (Å²) in [4.78, 5) is 49.5. The lowest BCUT2D eigenvalue weighted by Crippen LogP contribution is -2.54. The lowest BCUT2D eigenvalue weighted by Gasteiger charge is -2.26. The van der Waals surface area contributed by atoms with Crippen LogP contribution >= 0.6 is 15.9 Å². The summed E-state index contributed by atoms with van der Waals surface area (Å²) in [6.45, 7) is 3.29. The van der Waals surface area contributed by atoms with E-state index in [1.807, 2.05) is 6.92 Å². The molecule has 1 saturated heterocycles. The fourth-order valence-electron chi connectivity index (χ4n) is 2.97. The number of carbonyl (C=O) groups excluding carboxylic acids is 3. The highest BCUT2D eigenvalue weighted by molar-refractivity contribution is 9.10. The summed E-state index contributed by atoms with van der Waals surface area (Å²) in [5, 5.41) is 11.0. The summed E-state index contributed by atoms with van der Waals surface area (Å²) >= 11 is 3.37. The zero-order chi connectivity index (χ0) is 23.4. The van der Waals surface area contributed by atoms with Gasteiger partial charge in [-0.2, -0.15) is 0 Å². The van der Waals surface area contributed by atoms with Crippen molar-refractivity contribution in [2.75, 3.05) is 18.1 Å². The molecule has 1 aliphatic rings. The highest BCUT2D eigenvalue weighted by Crippen LogP contribution is 2.31. The molecule has 0 aromatic heterocycles. The number of barbiturate groups is 1. The van der Waals surface area contributed by atoms with Gasteiger partial charge in [0.15, 0.2) is 18.1 Å². The first-order chi connectivity index (χ1) is 15.2. The van der Waals surface area contributed by atoms with Gasteiger partial charge in [-0.25, -0.2) is 14.5 Å². The largest absolute Gasteiger partial charge is 0.490 e. The maximum atomic E-state index is 13.0. The van der Waals surface area contributed by atoms with Crippen LogP contribution in [0.1, 0.15) is 18.1 Å². The predicted molar refractivity (Wildman–Crippen MR) is 119 cm³/mol. The number of amides is 4. The van der Waals surface area contributed by atoms with E-state index in [1.54, 1.807) is 25.1 Å². The number of nitrogens with one attached hydrogen (secondary N) is 1. The van der Waals surface area contributed by atoms with E-state index in [0.717, 1.165) is 14.9 Å². The Bertz CT molecular complexity index is 1140. The third-order valence-electron chi connectivity index (χ3n) is 4.43. The summed E-state index contributed by atoms with van der Waals surface area (Å²) < 4.78 is 11.5. The summed E-state index contributed by atoms with van der Waals surface area (Å²) in [6, 6.07) is 8.63. The molecule has 4 amide bonds. The number of halogens is 1. The minimum atomic E-state index is -1.14. The number of rotatable bonds is 7. The zero-order valence-corrected chi connectivity index (χ0v) is 18.8. The van der Waals surface area contributed by atoms with E-state index in [-0.39, 0.29) is 23.7 Å². The number of hydrogen-bond acceptors (Lipinski definition) is 6. The van der Waals surface area contributed by atoms with Crippen LogP contribution in [0, 0.1) is 6.92 Å². The number of nitrogens with zero attached hydrogens (tertiary/aromatic N) is 1. The Morgan fingerprint density at radius 1 is 1.12 bits per heavy atom. The van der Waals surface area contributed by atoms with E-state index in [1.165, 1.54) is 24.3 Å². The molecular weight excluding hydrogens is 484 g/mol. The minimum absolute atomic E-state index is 0.206. The molecule has 0 bridgehead atoms. The zero-order valence-electron chi connectivity index (χ0n) is 17.2. The molecule has 1 aliphatic heterocycles. The van der Waals surface area contributed by atoms with E-state index in [2.05, 4.69) is 21.2 Å². The molecule has 0 aliphatic carbocycles. The van der Waals surface area contributed by atoms with Crippen molar-refractivity contribution >= 4 is 51.5 Å². The second kappa shape index (κ2) is 9.65. The summed E-state index contributed by atoms with van der Waals surface area (Å²) in [7, 11) is 0. The number of carboxylic acid groups (broad SMARTS) is 1. The Hall–Kier alpha value is -3.66. The Morgan fingerprint density at radius 2 is 1.88 bits per heavy atom. The molecule has 10 heteroatoms.